The molecule has 1 saturated carbocycles. The molecule has 0 bridgehead atoms. The smallest absolute Gasteiger partial charge is 0.251 e. The number of hydrogen-bond donors (Lipinski definition) is 3. The first kappa shape index (κ1) is 20.5. The first-order valence-corrected chi connectivity index (χ1v) is 11.6. The highest BCUT2D eigenvalue weighted by Gasteiger charge is 2.32. The number of nitrogens with one attached hydrogen (secondary N) is 2. The van der Waals surface area contributed by atoms with Crippen LogP contribution < -0.4 is 10.6 Å². The number of rotatable bonds is 7. The van der Waals surface area contributed by atoms with Crippen LogP contribution in [0.15, 0.2) is 53.4 Å². The van der Waals surface area contributed by atoms with Crippen molar-refractivity contribution < 1.29 is 9.90 Å². The molecule has 5 heteroatoms. The largest absolute Gasteiger partial charge is 0.395 e. The molecule has 29 heavy (non-hydrogen) atoms. The van der Waals surface area contributed by atoms with Gasteiger partial charge in [0.15, 0.2) is 0 Å². The number of fused-ring (bicyclic) bond motifs is 1. The van der Waals surface area contributed by atoms with Crippen molar-refractivity contribution in [2.45, 2.75) is 55.0 Å². The van der Waals surface area contributed by atoms with E-state index >= 15 is 0 Å². The summed E-state index contributed by atoms with van der Waals surface area (Å²) in [5.74, 6) is 2.19. The normalized spacial score (nSPS) is 24.3. The minimum Gasteiger partial charge on any atom is -0.395 e. The van der Waals surface area contributed by atoms with Gasteiger partial charge in [-0.3, -0.25) is 4.79 Å². The number of benzene rings is 2. The van der Waals surface area contributed by atoms with Gasteiger partial charge in [-0.05, 0) is 61.4 Å². The Morgan fingerprint density at radius 1 is 1.17 bits per heavy atom. The van der Waals surface area contributed by atoms with Gasteiger partial charge >= 0.3 is 0 Å². The molecular formula is C24H30N2O2S. The first-order chi connectivity index (χ1) is 14.2. The predicted octanol–water partition coefficient (Wildman–Crippen LogP) is 3.91. The number of thioether (sulfide) groups is 1. The fourth-order valence-corrected chi connectivity index (χ4v) is 6.09. The molecule has 0 saturated heterocycles. The van der Waals surface area contributed by atoms with Crippen molar-refractivity contribution in [1.29, 1.82) is 0 Å². The van der Waals surface area contributed by atoms with E-state index in [1.807, 2.05) is 23.9 Å². The van der Waals surface area contributed by atoms with Gasteiger partial charge in [-0.1, -0.05) is 30.3 Å². The average Bonchev–Trinajstić information content (AvgIpc) is 3.39. The molecule has 1 aliphatic heterocycles. The Bertz CT molecular complexity index is 839. The van der Waals surface area contributed by atoms with Crippen molar-refractivity contribution in [1.82, 2.24) is 10.6 Å². The Hall–Kier alpha value is -1.82. The predicted molar refractivity (Wildman–Crippen MR) is 119 cm³/mol. The van der Waals surface area contributed by atoms with E-state index in [-0.39, 0.29) is 12.5 Å². The van der Waals surface area contributed by atoms with Crippen LogP contribution in [0.25, 0.3) is 0 Å². The highest BCUT2D eigenvalue weighted by Crippen LogP contribution is 2.42. The van der Waals surface area contributed by atoms with E-state index in [1.165, 1.54) is 34.6 Å². The molecule has 0 radical (unpaired) electrons. The van der Waals surface area contributed by atoms with Gasteiger partial charge < -0.3 is 15.7 Å². The number of aliphatic hydroxyl groups is 1. The summed E-state index contributed by atoms with van der Waals surface area (Å²) in [5.41, 5.74) is 3.48. The Balaban J connectivity index is 1.32. The number of aliphatic hydroxyl groups excluding tert-OH is 1. The van der Waals surface area contributed by atoms with Crippen molar-refractivity contribution in [3.8, 4) is 0 Å². The van der Waals surface area contributed by atoms with Crippen molar-refractivity contribution >= 4 is 17.7 Å². The third-order valence-corrected chi connectivity index (χ3v) is 7.52. The van der Waals surface area contributed by atoms with Crippen LogP contribution >= 0.6 is 11.8 Å². The van der Waals surface area contributed by atoms with Crippen LogP contribution in [-0.4, -0.2) is 42.0 Å². The molecule has 2 aromatic rings. The molecule has 4 atom stereocenters. The second-order valence-electron chi connectivity index (χ2n) is 8.22. The summed E-state index contributed by atoms with van der Waals surface area (Å²) >= 11 is 1.98. The number of carbonyl (C=O) groups is 1. The monoisotopic (exact) mass is 410 g/mol. The number of amides is 1. The molecule has 1 aliphatic carbocycles. The van der Waals surface area contributed by atoms with Gasteiger partial charge in [0.1, 0.15) is 0 Å². The molecule has 154 valence electrons. The topological polar surface area (TPSA) is 61.4 Å². The van der Waals surface area contributed by atoms with E-state index in [0.717, 1.165) is 6.42 Å². The van der Waals surface area contributed by atoms with Crippen molar-refractivity contribution in [3.05, 3.63) is 65.2 Å². The van der Waals surface area contributed by atoms with Gasteiger partial charge in [-0.2, -0.15) is 0 Å². The maximum absolute atomic E-state index is 12.0. The zero-order valence-corrected chi connectivity index (χ0v) is 17.8. The number of carbonyl (C=O) groups excluding carboxylic acids is 1. The van der Waals surface area contributed by atoms with Crippen LogP contribution in [0.5, 0.6) is 0 Å². The molecule has 1 fully saturated rings. The van der Waals surface area contributed by atoms with Gasteiger partial charge in [0.05, 0.1) is 6.61 Å². The molecule has 0 aromatic heterocycles. The Morgan fingerprint density at radius 2 is 1.97 bits per heavy atom. The molecule has 3 N–H and O–H groups in total. The molecule has 0 spiro atoms. The highest BCUT2D eigenvalue weighted by molar-refractivity contribution is 7.99. The zero-order chi connectivity index (χ0) is 20.2. The zero-order valence-electron chi connectivity index (χ0n) is 16.9. The van der Waals surface area contributed by atoms with Crippen LogP contribution in [0.3, 0.4) is 0 Å². The molecule has 2 unspecified atom stereocenters. The fraction of sp³-hybridized carbons (Fsp3) is 0.458. The molecular weight excluding hydrogens is 380 g/mol. The van der Waals surface area contributed by atoms with E-state index in [9.17, 15) is 4.79 Å². The maximum atomic E-state index is 12.0. The summed E-state index contributed by atoms with van der Waals surface area (Å²) < 4.78 is 0. The lowest BCUT2D eigenvalue weighted by Crippen LogP contribution is -2.39. The summed E-state index contributed by atoms with van der Waals surface area (Å²) in [6.07, 6.45) is 3.55. The van der Waals surface area contributed by atoms with Gasteiger partial charge in [-0.15, -0.1) is 11.8 Å². The quantitative estimate of drug-likeness (QED) is 0.648. The van der Waals surface area contributed by atoms with Gasteiger partial charge in [0.25, 0.3) is 5.91 Å². The van der Waals surface area contributed by atoms with Crippen LogP contribution in [0.1, 0.15) is 59.5 Å². The van der Waals surface area contributed by atoms with Gasteiger partial charge in [-0.25, -0.2) is 0 Å². The SMILES string of the molecule is C[C@@H](NC1CC[C@H](c2ccc(C(=O)NCCO)cc2)C1)C1CSc2ccccc21. The molecule has 1 heterocycles. The molecule has 4 rings (SSSR count). The van der Waals surface area contributed by atoms with Crippen molar-refractivity contribution in [2.75, 3.05) is 18.9 Å². The van der Waals surface area contributed by atoms with Crippen LogP contribution in [-0.2, 0) is 0 Å². The third-order valence-electron chi connectivity index (χ3n) is 6.31. The Labute approximate surface area is 177 Å². The average molecular weight is 411 g/mol. The minimum atomic E-state index is -0.125. The summed E-state index contributed by atoms with van der Waals surface area (Å²) in [7, 11) is 0. The maximum Gasteiger partial charge on any atom is 0.251 e. The molecule has 4 nitrogen and oxygen atoms in total. The van der Waals surface area contributed by atoms with Crippen LogP contribution in [0.4, 0.5) is 0 Å². The van der Waals surface area contributed by atoms with E-state index < -0.39 is 0 Å². The lowest BCUT2D eigenvalue weighted by Gasteiger charge is -2.25. The molecule has 2 aromatic carbocycles. The summed E-state index contributed by atoms with van der Waals surface area (Å²) in [5, 5.41) is 15.4. The van der Waals surface area contributed by atoms with Crippen LogP contribution in [0.2, 0.25) is 0 Å². The number of hydrogen-bond acceptors (Lipinski definition) is 4. The third kappa shape index (κ3) is 4.68. The van der Waals surface area contributed by atoms with Crippen LogP contribution in [0, 0.1) is 0 Å². The summed E-state index contributed by atoms with van der Waals surface area (Å²) in [6.45, 7) is 2.59. The Morgan fingerprint density at radius 3 is 2.76 bits per heavy atom. The summed E-state index contributed by atoms with van der Waals surface area (Å²) in [4.78, 5) is 13.4. The lowest BCUT2D eigenvalue weighted by molar-refractivity contribution is 0.0944. The van der Waals surface area contributed by atoms with Crippen molar-refractivity contribution in [2.24, 2.45) is 0 Å². The minimum absolute atomic E-state index is 0.0379. The summed E-state index contributed by atoms with van der Waals surface area (Å²) in [6, 6.07) is 17.8. The highest BCUT2D eigenvalue weighted by atomic mass is 32.2. The second kappa shape index (κ2) is 9.33. The Kier molecular flexibility index (Phi) is 6.58. The van der Waals surface area contributed by atoms with E-state index in [4.69, 9.17) is 5.11 Å². The van der Waals surface area contributed by atoms with E-state index in [0.29, 0.717) is 36.0 Å². The van der Waals surface area contributed by atoms with Gasteiger partial charge in [0, 0.05) is 40.8 Å². The van der Waals surface area contributed by atoms with Gasteiger partial charge in [0.2, 0.25) is 0 Å². The second-order valence-corrected chi connectivity index (χ2v) is 9.28. The van der Waals surface area contributed by atoms with E-state index in [1.54, 1.807) is 0 Å². The lowest BCUT2D eigenvalue weighted by atomic mass is 9.93. The first-order valence-electron chi connectivity index (χ1n) is 10.6. The molecule has 1 amide bonds. The van der Waals surface area contributed by atoms with E-state index in [2.05, 4.69) is 54.0 Å². The molecule has 2 aliphatic rings. The standard InChI is InChI=1S/C24H30N2O2S/c1-16(22-15-29-23-5-3-2-4-21(22)23)26-20-11-10-19(14-20)17-6-8-18(9-7-17)24(28)25-12-13-27/h2-9,16,19-20,22,26-27H,10-15H2,1H3,(H,25,28)/t16-,19+,20?,22?/m1/s1. The van der Waals surface area contributed by atoms with Crippen molar-refractivity contribution in [3.63, 3.8) is 0 Å². The fourth-order valence-electron chi connectivity index (χ4n) is 4.70.